The number of benzene rings is 1. The van der Waals surface area contributed by atoms with Gasteiger partial charge in [0.15, 0.2) is 0 Å². The number of likely N-dealkylation sites (tertiary alicyclic amines) is 1. The van der Waals surface area contributed by atoms with Crippen molar-refractivity contribution in [2.45, 2.75) is 25.8 Å². The van der Waals surface area contributed by atoms with Crippen LogP contribution in [0.5, 0.6) is 0 Å². The van der Waals surface area contributed by atoms with Gasteiger partial charge in [0.2, 0.25) is 10.0 Å². The lowest BCUT2D eigenvalue weighted by atomic mass is 10.2. The predicted molar refractivity (Wildman–Crippen MR) is 139 cm³/mol. The summed E-state index contributed by atoms with van der Waals surface area (Å²) < 4.78 is 45.4. The summed E-state index contributed by atoms with van der Waals surface area (Å²) in [5, 5.41) is 0. The van der Waals surface area contributed by atoms with Gasteiger partial charge >= 0.3 is 0 Å². The van der Waals surface area contributed by atoms with Crippen LogP contribution in [-0.4, -0.2) is 54.2 Å². The highest BCUT2D eigenvalue weighted by Gasteiger charge is 2.31. The summed E-state index contributed by atoms with van der Waals surface area (Å²) in [6.45, 7) is 4.58. The number of sulfonamides is 1. The Balaban J connectivity index is 1.26. The highest BCUT2D eigenvalue weighted by Crippen LogP contribution is 2.30. The van der Waals surface area contributed by atoms with Crippen LogP contribution < -0.4 is 9.62 Å². The minimum atomic E-state index is -3.81. The Kier molecular flexibility index (Phi) is 6.90. The molecule has 1 unspecified atom stereocenters. The van der Waals surface area contributed by atoms with Crippen LogP contribution in [0.1, 0.15) is 30.0 Å². The summed E-state index contributed by atoms with van der Waals surface area (Å²) in [6, 6.07) is 8.13. The highest BCUT2D eigenvalue weighted by atomic mass is 35.5. The molecule has 0 aliphatic carbocycles. The zero-order valence-electron chi connectivity index (χ0n) is 19.5. The molecule has 2 aliphatic rings. The SMILES string of the molecule is CC(CS(=O)(=O)NC1=CCN(c2ccc(-n3ccnc3CN3CCC3)cc2F)C1=O)c1ccc(Cl)s1. The van der Waals surface area contributed by atoms with Crippen LogP contribution >= 0.6 is 22.9 Å². The number of halogens is 2. The van der Waals surface area contributed by atoms with E-state index in [2.05, 4.69) is 14.6 Å². The quantitative estimate of drug-likeness (QED) is 0.437. The van der Waals surface area contributed by atoms with Gasteiger partial charge in [-0.1, -0.05) is 18.5 Å². The average molecular weight is 550 g/mol. The van der Waals surface area contributed by atoms with Crippen molar-refractivity contribution in [2.24, 2.45) is 0 Å². The fourth-order valence-corrected chi connectivity index (χ4v) is 6.94. The normalized spacial score (nSPS) is 17.2. The molecule has 0 saturated carbocycles. The monoisotopic (exact) mass is 549 g/mol. The predicted octanol–water partition coefficient (Wildman–Crippen LogP) is 3.89. The van der Waals surface area contributed by atoms with Crippen LogP contribution in [0.4, 0.5) is 10.1 Å². The van der Waals surface area contributed by atoms with E-state index in [1.54, 1.807) is 37.5 Å². The van der Waals surface area contributed by atoms with Gasteiger partial charge in [0.25, 0.3) is 5.91 Å². The van der Waals surface area contributed by atoms with E-state index < -0.39 is 21.7 Å². The summed E-state index contributed by atoms with van der Waals surface area (Å²) >= 11 is 7.27. The zero-order chi connectivity index (χ0) is 25.4. The Morgan fingerprint density at radius 1 is 1.25 bits per heavy atom. The molecule has 1 N–H and O–H groups in total. The lowest BCUT2D eigenvalue weighted by molar-refractivity contribution is -0.114. The lowest BCUT2D eigenvalue weighted by Gasteiger charge is -2.30. The molecule has 3 aromatic rings. The lowest BCUT2D eigenvalue weighted by Crippen LogP contribution is -2.37. The second kappa shape index (κ2) is 9.97. The van der Waals surface area contributed by atoms with E-state index in [1.165, 1.54) is 40.9 Å². The van der Waals surface area contributed by atoms with Crippen molar-refractivity contribution in [3.8, 4) is 5.69 Å². The first-order valence-corrected chi connectivity index (χ1v) is 14.4. The van der Waals surface area contributed by atoms with Crippen molar-refractivity contribution in [3.63, 3.8) is 0 Å². The highest BCUT2D eigenvalue weighted by molar-refractivity contribution is 7.89. The molecule has 1 atom stereocenters. The zero-order valence-corrected chi connectivity index (χ0v) is 21.9. The van der Waals surface area contributed by atoms with Crippen molar-refractivity contribution in [1.29, 1.82) is 0 Å². The smallest absolute Gasteiger partial charge is 0.275 e. The second-order valence-electron chi connectivity index (χ2n) is 8.94. The number of amides is 1. The molecule has 0 radical (unpaired) electrons. The largest absolute Gasteiger partial charge is 0.303 e. The van der Waals surface area contributed by atoms with E-state index in [-0.39, 0.29) is 29.6 Å². The van der Waals surface area contributed by atoms with Crippen molar-refractivity contribution >= 4 is 44.6 Å². The minimum absolute atomic E-state index is 0.0638. The van der Waals surface area contributed by atoms with Gasteiger partial charge < -0.3 is 9.47 Å². The van der Waals surface area contributed by atoms with Gasteiger partial charge in [-0.15, -0.1) is 11.3 Å². The van der Waals surface area contributed by atoms with E-state index in [9.17, 15) is 13.2 Å². The number of hydrogen-bond acceptors (Lipinski definition) is 6. The topological polar surface area (TPSA) is 87.5 Å². The van der Waals surface area contributed by atoms with Crippen LogP contribution in [0.25, 0.3) is 5.69 Å². The molecule has 1 aromatic carbocycles. The molecule has 1 saturated heterocycles. The molecular formula is C24H25ClFN5O3S2. The van der Waals surface area contributed by atoms with Crippen LogP contribution in [0.15, 0.2) is 54.5 Å². The number of thiophene rings is 1. The van der Waals surface area contributed by atoms with Gasteiger partial charge in [-0.05, 0) is 49.9 Å². The molecule has 1 fully saturated rings. The van der Waals surface area contributed by atoms with Crippen molar-refractivity contribution in [2.75, 3.05) is 30.3 Å². The fraction of sp³-hybridized carbons (Fsp3) is 0.333. The van der Waals surface area contributed by atoms with Gasteiger partial charge in [0.1, 0.15) is 17.3 Å². The molecule has 0 bridgehead atoms. The first-order valence-electron chi connectivity index (χ1n) is 11.5. The summed E-state index contributed by atoms with van der Waals surface area (Å²) in [6.07, 6.45) is 6.09. The molecule has 5 rings (SSSR count). The minimum Gasteiger partial charge on any atom is -0.303 e. The summed E-state index contributed by atoms with van der Waals surface area (Å²) in [4.78, 5) is 21.7. The number of nitrogens with zero attached hydrogens (tertiary/aromatic N) is 4. The van der Waals surface area contributed by atoms with Crippen molar-refractivity contribution in [3.05, 3.63) is 75.4 Å². The third-order valence-corrected chi connectivity index (χ3v) is 9.23. The maximum Gasteiger partial charge on any atom is 0.275 e. The molecule has 4 heterocycles. The average Bonchev–Trinajstić information content (AvgIpc) is 3.52. The number of aromatic nitrogens is 2. The summed E-state index contributed by atoms with van der Waals surface area (Å²) in [5.74, 6) is -0.866. The Morgan fingerprint density at radius 3 is 2.72 bits per heavy atom. The number of carbonyl (C=O) groups excluding carboxylic acids is 1. The van der Waals surface area contributed by atoms with Gasteiger partial charge in [0, 0.05) is 41.5 Å². The first kappa shape index (κ1) is 24.9. The summed E-state index contributed by atoms with van der Waals surface area (Å²) in [7, 11) is -3.81. The maximum absolute atomic E-state index is 15.2. The van der Waals surface area contributed by atoms with E-state index in [0.29, 0.717) is 16.6 Å². The van der Waals surface area contributed by atoms with Gasteiger partial charge in [0.05, 0.1) is 22.3 Å². The van der Waals surface area contributed by atoms with Gasteiger partial charge in [-0.2, -0.15) is 0 Å². The number of carbonyl (C=O) groups is 1. The molecular weight excluding hydrogens is 525 g/mol. The van der Waals surface area contributed by atoms with Crippen LogP contribution in [-0.2, 0) is 21.4 Å². The van der Waals surface area contributed by atoms with E-state index in [4.69, 9.17) is 11.6 Å². The molecule has 2 aliphatic heterocycles. The third-order valence-electron chi connectivity index (χ3n) is 6.30. The third kappa shape index (κ3) is 5.19. The van der Waals surface area contributed by atoms with Crippen LogP contribution in [0.2, 0.25) is 4.34 Å². The Bertz CT molecular complexity index is 1430. The fourth-order valence-electron chi connectivity index (χ4n) is 4.30. The number of nitrogens with one attached hydrogen (secondary N) is 1. The summed E-state index contributed by atoms with van der Waals surface area (Å²) in [5.41, 5.74) is 0.606. The molecule has 0 spiro atoms. The molecule has 12 heteroatoms. The van der Waals surface area contributed by atoms with Gasteiger partial charge in [-0.3, -0.25) is 14.4 Å². The number of rotatable bonds is 9. The molecule has 190 valence electrons. The van der Waals surface area contributed by atoms with E-state index >= 15 is 4.39 Å². The van der Waals surface area contributed by atoms with E-state index in [1.807, 2.05) is 4.57 Å². The second-order valence-corrected chi connectivity index (χ2v) is 12.5. The van der Waals surface area contributed by atoms with Crippen molar-refractivity contribution < 1.29 is 17.6 Å². The van der Waals surface area contributed by atoms with E-state index in [0.717, 1.165) is 23.8 Å². The standard InChI is InChI=1S/C24H25ClFN5O3S2/c1-16(21-5-6-22(25)35-21)15-36(33,34)28-19-7-11-31(24(19)32)20-4-3-17(13-18(20)26)30-12-8-27-23(30)14-29-9-2-10-29/h3-8,12-13,16,28H,2,9-11,14-15H2,1H3. The maximum atomic E-state index is 15.2. The Hall–Kier alpha value is -2.73. The van der Waals surface area contributed by atoms with Crippen LogP contribution in [0.3, 0.4) is 0 Å². The Labute approximate surface area is 218 Å². The molecule has 8 nitrogen and oxygen atoms in total. The first-order chi connectivity index (χ1) is 17.2. The number of imidazole rings is 1. The van der Waals surface area contributed by atoms with Crippen molar-refractivity contribution in [1.82, 2.24) is 19.2 Å². The number of anilines is 1. The number of hydrogen-bond donors (Lipinski definition) is 1. The van der Waals surface area contributed by atoms with Crippen LogP contribution in [0, 0.1) is 5.82 Å². The molecule has 1 amide bonds. The Morgan fingerprint density at radius 2 is 2.06 bits per heavy atom. The van der Waals surface area contributed by atoms with Gasteiger partial charge in [-0.25, -0.2) is 17.8 Å². The molecule has 36 heavy (non-hydrogen) atoms. The molecule has 2 aromatic heterocycles.